The van der Waals surface area contributed by atoms with Gasteiger partial charge in [-0.3, -0.25) is 19.7 Å². The Morgan fingerprint density at radius 1 is 1.09 bits per heavy atom. The summed E-state index contributed by atoms with van der Waals surface area (Å²) in [7, 11) is 1.41. The Morgan fingerprint density at radius 3 is 2.47 bits per heavy atom. The predicted molar refractivity (Wildman–Crippen MR) is 174 cm³/mol. The van der Waals surface area contributed by atoms with Crippen LogP contribution in [0, 0.1) is 10.1 Å². The molecule has 1 fully saturated rings. The van der Waals surface area contributed by atoms with E-state index in [9.17, 15) is 19.7 Å². The number of likely N-dealkylation sites (tertiary alicyclic amines) is 1. The van der Waals surface area contributed by atoms with Gasteiger partial charge in [-0.25, -0.2) is 0 Å². The second-order valence-corrected chi connectivity index (χ2v) is 12.0. The largest absolute Gasteiger partial charge is 0.497 e. The standard InChI is InChI=1S/C33H37ClN2O8S/c1-4-42-33(45-5-2)27-12-9-18-35(27)32(38)26-20-25(41-3)21-29(30(26)36(39)40)43-19-17-28(31(37)22-10-7-6-8-11-22)44-24-15-13-23(34)14-16-24/h6-8,10-11,13-16,20-21,27-28,33H,4-5,9,12,17-19H2,1-3H3/t27-,28?,33?/m0/s1. The molecule has 1 heterocycles. The monoisotopic (exact) mass is 656 g/mol. The zero-order valence-electron chi connectivity index (χ0n) is 25.5. The van der Waals surface area contributed by atoms with E-state index in [4.69, 9.17) is 30.5 Å². The topological polar surface area (TPSA) is 117 Å². The minimum absolute atomic E-state index is 0.0620. The van der Waals surface area contributed by atoms with E-state index in [0.717, 1.165) is 18.6 Å². The van der Waals surface area contributed by atoms with Crippen LogP contribution in [0.25, 0.3) is 0 Å². The van der Waals surface area contributed by atoms with Gasteiger partial charge in [0.05, 0.1) is 24.7 Å². The fourth-order valence-corrected chi connectivity index (χ4v) is 6.42. The molecule has 0 saturated carbocycles. The van der Waals surface area contributed by atoms with Gasteiger partial charge in [-0.2, -0.15) is 0 Å². The number of hydrogen-bond acceptors (Lipinski definition) is 9. The van der Waals surface area contributed by atoms with Crippen molar-refractivity contribution in [1.29, 1.82) is 0 Å². The highest BCUT2D eigenvalue weighted by atomic mass is 35.5. The fourth-order valence-electron chi connectivity index (χ4n) is 5.23. The van der Waals surface area contributed by atoms with Gasteiger partial charge >= 0.3 is 5.69 Å². The number of hydrogen-bond donors (Lipinski definition) is 0. The maximum absolute atomic E-state index is 13.9. The van der Waals surface area contributed by atoms with Crippen molar-refractivity contribution >= 4 is 40.7 Å². The second kappa shape index (κ2) is 16.5. The van der Waals surface area contributed by atoms with Crippen LogP contribution in [-0.2, 0) is 4.74 Å². The van der Waals surface area contributed by atoms with Gasteiger partial charge in [0, 0.05) is 42.3 Å². The third-order valence-corrected chi connectivity index (χ3v) is 8.68. The van der Waals surface area contributed by atoms with E-state index in [-0.39, 0.29) is 47.4 Å². The summed E-state index contributed by atoms with van der Waals surface area (Å²) in [4.78, 5) is 40.8. The number of ether oxygens (including phenoxy) is 4. The van der Waals surface area contributed by atoms with E-state index >= 15 is 0 Å². The molecule has 3 aromatic carbocycles. The summed E-state index contributed by atoms with van der Waals surface area (Å²) in [5, 5.41) is 13.0. The maximum atomic E-state index is 13.9. The average molecular weight is 657 g/mol. The quantitative estimate of drug-likeness (QED) is 0.0690. The van der Waals surface area contributed by atoms with Gasteiger partial charge in [-0.05, 0) is 49.8 Å². The SMILES string of the molecule is CCOC(SCC)[C@@H]1CCCN1C(=O)c1cc(OC)cc(OCCC(Oc2ccc(Cl)cc2)C(=O)c2ccccc2)c1[N+](=O)[O-]. The molecule has 1 amide bonds. The second-order valence-electron chi connectivity index (χ2n) is 10.2. The summed E-state index contributed by atoms with van der Waals surface area (Å²) in [6.07, 6.45) is 0.591. The van der Waals surface area contributed by atoms with Gasteiger partial charge in [-0.15, -0.1) is 11.8 Å². The van der Waals surface area contributed by atoms with Crippen molar-refractivity contribution in [2.75, 3.05) is 32.6 Å². The number of nitrogens with zero attached hydrogens (tertiary/aromatic N) is 2. The Balaban J connectivity index is 1.60. The number of carbonyl (C=O) groups is 2. The Labute approximate surface area is 272 Å². The first-order valence-electron chi connectivity index (χ1n) is 14.8. The minimum Gasteiger partial charge on any atom is -0.497 e. The lowest BCUT2D eigenvalue weighted by Gasteiger charge is -2.31. The van der Waals surface area contributed by atoms with Crippen LogP contribution in [0.1, 0.15) is 53.8 Å². The number of benzene rings is 3. The molecule has 0 radical (unpaired) electrons. The number of carbonyl (C=O) groups excluding carboxylic acids is 2. The van der Waals surface area contributed by atoms with Crippen LogP contribution in [-0.4, -0.2) is 71.7 Å². The normalized spacial score (nSPS) is 15.7. The molecule has 0 spiro atoms. The number of rotatable bonds is 16. The molecule has 3 atom stereocenters. The van der Waals surface area contributed by atoms with Crippen molar-refractivity contribution in [2.45, 2.75) is 50.7 Å². The summed E-state index contributed by atoms with van der Waals surface area (Å²) in [5.41, 5.74) is -0.394. The fraction of sp³-hybridized carbons (Fsp3) is 0.394. The minimum atomic E-state index is -0.962. The van der Waals surface area contributed by atoms with E-state index in [0.29, 0.717) is 29.5 Å². The molecule has 0 aromatic heterocycles. The molecule has 10 nitrogen and oxygen atoms in total. The van der Waals surface area contributed by atoms with Crippen LogP contribution >= 0.6 is 23.4 Å². The molecule has 12 heteroatoms. The van der Waals surface area contributed by atoms with Crippen LogP contribution in [0.3, 0.4) is 0 Å². The molecule has 0 aliphatic carbocycles. The lowest BCUT2D eigenvalue weighted by molar-refractivity contribution is -0.386. The van der Waals surface area contributed by atoms with Gasteiger partial charge in [0.15, 0.2) is 6.10 Å². The number of methoxy groups -OCH3 is 1. The molecule has 1 aliphatic rings. The number of nitro benzene ring substituents is 1. The van der Waals surface area contributed by atoms with Crippen LogP contribution in [0.5, 0.6) is 17.2 Å². The van der Waals surface area contributed by atoms with E-state index in [1.165, 1.54) is 19.2 Å². The predicted octanol–water partition coefficient (Wildman–Crippen LogP) is 7.08. The van der Waals surface area contributed by atoms with Crippen LogP contribution in [0.2, 0.25) is 5.02 Å². The van der Waals surface area contributed by atoms with Gasteiger partial charge in [0.25, 0.3) is 5.91 Å². The Hall–Kier alpha value is -3.80. The molecule has 4 rings (SSSR count). The summed E-state index contributed by atoms with van der Waals surface area (Å²) >= 11 is 7.62. The zero-order valence-corrected chi connectivity index (χ0v) is 27.1. The van der Waals surface area contributed by atoms with Crippen molar-refractivity contribution in [2.24, 2.45) is 0 Å². The third kappa shape index (κ3) is 8.68. The summed E-state index contributed by atoms with van der Waals surface area (Å²) in [6, 6.07) is 17.8. The average Bonchev–Trinajstić information content (AvgIpc) is 3.54. The van der Waals surface area contributed by atoms with Gasteiger partial charge in [-0.1, -0.05) is 48.9 Å². The highest BCUT2D eigenvalue weighted by Crippen LogP contribution is 2.39. The number of Topliss-reactive ketones (excluding diaryl/α,β-unsaturated/α-hetero) is 1. The lowest BCUT2D eigenvalue weighted by Crippen LogP contribution is -2.43. The third-order valence-electron chi connectivity index (χ3n) is 7.31. The van der Waals surface area contributed by atoms with Gasteiger partial charge in [0.2, 0.25) is 11.5 Å². The molecule has 240 valence electrons. The molecule has 3 aromatic rings. The van der Waals surface area contributed by atoms with Crippen molar-refractivity contribution in [3.63, 3.8) is 0 Å². The van der Waals surface area contributed by atoms with E-state index in [2.05, 4.69) is 0 Å². The Kier molecular flexibility index (Phi) is 12.5. The van der Waals surface area contributed by atoms with Crippen LogP contribution < -0.4 is 14.2 Å². The number of thioether (sulfide) groups is 1. The smallest absolute Gasteiger partial charge is 0.323 e. The molecular weight excluding hydrogens is 620 g/mol. The van der Waals surface area contributed by atoms with Crippen LogP contribution in [0.15, 0.2) is 66.7 Å². The van der Waals surface area contributed by atoms with Gasteiger partial charge < -0.3 is 23.8 Å². The molecule has 2 unspecified atom stereocenters. The number of nitro groups is 1. The van der Waals surface area contributed by atoms with Crippen molar-refractivity contribution < 1.29 is 33.5 Å². The summed E-state index contributed by atoms with van der Waals surface area (Å²) < 4.78 is 23.3. The molecule has 1 saturated heterocycles. The highest BCUT2D eigenvalue weighted by molar-refractivity contribution is 7.99. The van der Waals surface area contributed by atoms with Crippen LogP contribution in [0.4, 0.5) is 5.69 Å². The molecule has 1 aliphatic heterocycles. The Morgan fingerprint density at radius 2 is 1.82 bits per heavy atom. The van der Waals surface area contributed by atoms with Gasteiger partial charge in [0.1, 0.15) is 22.5 Å². The molecule has 0 bridgehead atoms. The van der Waals surface area contributed by atoms with E-state index in [1.54, 1.807) is 71.3 Å². The number of ketones is 1. The van der Waals surface area contributed by atoms with Crippen molar-refractivity contribution in [1.82, 2.24) is 4.90 Å². The maximum Gasteiger partial charge on any atom is 0.323 e. The highest BCUT2D eigenvalue weighted by Gasteiger charge is 2.39. The summed E-state index contributed by atoms with van der Waals surface area (Å²) in [6.45, 7) is 4.74. The molecule has 45 heavy (non-hydrogen) atoms. The first-order valence-corrected chi connectivity index (χ1v) is 16.2. The molecule has 0 N–H and O–H groups in total. The molecular formula is C33H37ClN2O8S. The summed E-state index contributed by atoms with van der Waals surface area (Å²) in [5.74, 6) is 0.557. The zero-order chi connectivity index (χ0) is 32.3. The van der Waals surface area contributed by atoms with Crippen molar-refractivity contribution in [3.05, 3.63) is 93.0 Å². The lowest BCUT2D eigenvalue weighted by atomic mass is 10.0. The number of halogens is 1. The first-order chi connectivity index (χ1) is 21.8. The van der Waals surface area contributed by atoms with Crippen molar-refractivity contribution in [3.8, 4) is 17.2 Å². The van der Waals surface area contributed by atoms with E-state index in [1.807, 2.05) is 13.8 Å². The Bertz CT molecular complexity index is 1450. The van der Waals surface area contributed by atoms with E-state index < -0.39 is 22.6 Å². The number of amides is 1. The first kappa shape index (κ1) is 34.1.